The number of ether oxygens (including phenoxy) is 2. The van der Waals surface area contributed by atoms with Crippen LogP contribution in [0.4, 0.5) is 0 Å². The van der Waals surface area contributed by atoms with Crippen LogP contribution < -0.4 is 0 Å². The Hall–Kier alpha value is -1.81. The second-order valence-electron chi connectivity index (χ2n) is 6.33. The molecule has 0 amide bonds. The van der Waals surface area contributed by atoms with Gasteiger partial charge in [0.1, 0.15) is 0 Å². The van der Waals surface area contributed by atoms with Gasteiger partial charge in [-0.2, -0.15) is 0 Å². The number of nitrogens with zero attached hydrogens (tertiary/aromatic N) is 1. The van der Waals surface area contributed by atoms with Gasteiger partial charge in [-0.05, 0) is 42.8 Å². The average molecular weight is 342 g/mol. The summed E-state index contributed by atoms with van der Waals surface area (Å²) < 4.78 is 14.3. The lowest BCUT2D eigenvalue weighted by Gasteiger charge is -2.33. The molecule has 2 heterocycles. The van der Waals surface area contributed by atoms with Gasteiger partial charge < -0.3 is 14.0 Å². The number of rotatable bonds is 2. The molecule has 2 aromatic rings. The van der Waals surface area contributed by atoms with E-state index in [1.165, 1.54) is 5.57 Å². The summed E-state index contributed by atoms with van der Waals surface area (Å²) >= 11 is 6.31. The number of aromatic nitrogens is 1. The minimum atomic E-state index is -0.108. The summed E-state index contributed by atoms with van der Waals surface area (Å²) in [5.41, 5.74) is 4.57. The number of methoxy groups -OCH3 is 1. The lowest BCUT2D eigenvalue weighted by Crippen LogP contribution is -2.31. The Balaban J connectivity index is 1.83. The van der Waals surface area contributed by atoms with Crippen LogP contribution in [0, 0.1) is 5.92 Å². The molecule has 3 unspecified atom stereocenters. The molecule has 0 radical (unpaired) electrons. The first kappa shape index (κ1) is 15.7. The normalized spacial score (nSPS) is 25.6. The molecule has 4 heteroatoms. The topological polar surface area (TPSA) is 23.4 Å². The van der Waals surface area contributed by atoms with Gasteiger partial charge in [0.2, 0.25) is 0 Å². The van der Waals surface area contributed by atoms with Gasteiger partial charge in [-0.25, -0.2) is 0 Å². The first-order valence-corrected chi connectivity index (χ1v) is 8.52. The molecular formula is C20H20ClNO2. The first-order chi connectivity index (χ1) is 11.7. The van der Waals surface area contributed by atoms with Crippen LogP contribution in [0.25, 0.3) is 5.69 Å². The molecule has 24 heavy (non-hydrogen) atoms. The third-order valence-corrected chi connectivity index (χ3v) is 5.13. The SMILES string of the molecule is COC1C(C)=CC=CC1C1OCc2cccn2-c2ccc(Cl)cc21. The van der Waals surface area contributed by atoms with Crippen LogP contribution in [-0.4, -0.2) is 17.8 Å². The molecule has 0 spiro atoms. The van der Waals surface area contributed by atoms with E-state index in [0.29, 0.717) is 6.61 Å². The lowest BCUT2D eigenvalue weighted by atomic mass is 9.83. The van der Waals surface area contributed by atoms with Crippen LogP contribution in [-0.2, 0) is 16.1 Å². The van der Waals surface area contributed by atoms with Gasteiger partial charge in [0.25, 0.3) is 0 Å². The molecule has 1 aromatic heterocycles. The molecule has 1 aromatic carbocycles. The highest BCUT2D eigenvalue weighted by Crippen LogP contribution is 2.41. The van der Waals surface area contributed by atoms with Crippen LogP contribution >= 0.6 is 11.6 Å². The number of halogens is 1. The number of hydrogen-bond donors (Lipinski definition) is 0. The van der Waals surface area contributed by atoms with Crippen molar-refractivity contribution in [3.8, 4) is 5.69 Å². The quantitative estimate of drug-likeness (QED) is 0.779. The van der Waals surface area contributed by atoms with Crippen molar-refractivity contribution in [1.82, 2.24) is 4.57 Å². The van der Waals surface area contributed by atoms with Gasteiger partial charge in [0.05, 0.1) is 24.5 Å². The second kappa shape index (κ2) is 6.25. The van der Waals surface area contributed by atoms with Crippen molar-refractivity contribution in [2.45, 2.75) is 25.7 Å². The van der Waals surface area contributed by atoms with Crippen molar-refractivity contribution < 1.29 is 9.47 Å². The number of allylic oxidation sites excluding steroid dienone is 2. The Bertz CT molecular complexity index is 821. The summed E-state index contributed by atoms with van der Waals surface area (Å²) in [4.78, 5) is 0. The van der Waals surface area contributed by atoms with E-state index < -0.39 is 0 Å². The van der Waals surface area contributed by atoms with E-state index in [-0.39, 0.29) is 18.1 Å². The molecule has 0 saturated carbocycles. The highest BCUT2D eigenvalue weighted by Gasteiger charge is 2.35. The Morgan fingerprint density at radius 1 is 1.29 bits per heavy atom. The third kappa shape index (κ3) is 2.53. The fourth-order valence-electron chi connectivity index (χ4n) is 3.76. The molecule has 1 aliphatic heterocycles. The Morgan fingerprint density at radius 2 is 2.17 bits per heavy atom. The zero-order valence-electron chi connectivity index (χ0n) is 13.8. The Morgan fingerprint density at radius 3 is 3.00 bits per heavy atom. The molecule has 2 aliphatic rings. The molecule has 3 nitrogen and oxygen atoms in total. The highest BCUT2D eigenvalue weighted by molar-refractivity contribution is 6.30. The maximum absolute atomic E-state index is 6.35. The van der Waals surface area contributed by atoms with E-state index in [9.17, 15) is 0 Å². The third-order valence-electron chi connectivity index (χ3n) is 4.89. The molecule has 0 N–H and O–H groups in total. The molecule has 4 rings (SSSR count). The fraction of sp³-hybridized carbons (Fsp3) is 0.300. The van der Waals surface area contributed by atoms with Crippen LogP contribution in [0.1, 0.15) is 24.3 Å². The van der Waals surface area contributed by atoms with E-state index in [0.717, 1.165) is 22.0 Å². The fourth-order valence-corrected chi connectivity index (χ4v) is 3.94. The van der Waals surface area contributed by atoms with Gasteiger partial charge in [-0.15, -0.1) is 0 Å². The van der Waals surface area contributed by atoms with E-state index in [4.69, 9.17) is 21.1 Å². The van der Waals surface area contributed by atoms with Gasteiger partial charge in [-0.3, -0.25) is 0 Å². The van der Waals surface area contributed by atoms with E-state index in [1.807, 2.05) is 18.2 Å². The number of fused-ring (bicyclic) bond motifs is 3. The zero-order chi connectivity index (χ0) is 16.7. The Kier molecular flexibility index (Phi) is 4.09. The standard InChI is InChI=1S/C20H20ClNO2/c1-13-5-3-7-16(19(13)23-2)20-17-11-14(21)8-9-18(17)22-10-4-6-15(22)12-24-20/h3-11,16,19-20H,12H2,1-2H3. The molecule has 0 saturated heterocycles. The van der Waals surface area contributed by atoms with Crippen LogP contribution in [0.3, 0.4) is 0 Å². The van der Waals surface area contributed by atoms with Crippen LogP contribution in [0.15, 0.2) is 60.3 Å². The van der Waals surface area contributed by atoms with E-state index >= 15 is 0 Å². The summed E-state index contributed by atoms with van der Waals surface area (Å²) in [6.45, 7) is 2.66. The van der Waals surface area contributed by atoms with E-state index in [1.54, 1.807) is 7.11 Å². The summed E-state index contributed by atoms with van der Waals surface area (Å²) in [6.07, 6.45) is 8.34. The average Bonchev–Trinajstić information content (AvgIpc) is 2.98. The molecule has 124 valence electrons. The monoisotopic (exact) mass is 341 g/mol. The summed E-state index contributed by atoms with van der Waals surface area (Å²) in [5.74, 6) is 0.113. The molecule has 3 atom stereocenters. The van der Waals surface area contributed by atoms with Crippen molar-refractivity contribution in [3.63, 3.8) is 0 Å². The molecule has 0 fully saturated rings. The van der Waals surface area contributed by atoms with Gasteiger partial charge in [0, 0.05) is 35.5 Å². The highest BCUT2D eigenvalue weighted by atomic mass is 35.5. The maximum atomic E-state index is 6.35. The van der Waals surface area contributed by atoms with Crippen molar-refractivity contribution in [2.75, 3.05) is 7.11 Å². The number of hydrogen-bond acceptors (Lipinski definition) is 2. The second-order valence-corrected chi connectivity index (χ2v) is 6.77. The molecular weight excluding hydrogens is 322 g/mol. The lowest BCUT2D eigenvalue weighted by molar-refractivity contribution is -0.0314. The van der Waals surface area contributed by atoms with Crippen molar-refractivity contribution >= 4 is 11.6 Å². The summed E-state index contributed by atoms with van der Waals surface area (Å²) in [6, 6.07) is 10.2. The summed E-state index contributed by atoms with van der Waals surface area (Å²) in [7, 11) is 1.76. The zero-order valence-corrected chi connectivity index (χ0v) is 14.5. The van der Waals surface area contributed by atoms with Crippen LogP contribution in [0.2, 0.25) is 5.02 Å². The summed E-state index contributed by atoms with van der Waals surface area (Å²) in [5, 5.41) is 0.721. The minimum absolute atomic E-state index is 0.00398. The van der Waals surface area contributed by atoms with Crippen molar-refractivity contribution in [1.29, 1.82) is 0 Å². The van der Waals surface area contributed by atoms with Crippen molar-refractivity contribution in [3.05, 3.63) is 76.6 Å². The predicted molar refractivity (Wildman–Crippen MR) is 95.5 cm³/mol. The molecule has 1 aliphatic carbocycles. The first-order valence-electron chi connectivity index (χ1n) is 8.14. The number of benzene rings is 1. The van der Waals surface area contributed by atoms with Gasteiger partial charge >= 0.3 is 0 Å². The maximum Gasteiger partial charge on any atom is 0.0941 e. The predicted octanol–water partition coefficient (Wildman–Crippen LogP) is 4.85. The minimum Gasteiger partial charge on any atom is -0.376 e. The van der Waals surface area contributed by atoms with Crippen LogP contribution in [0.5, 0.6) is 0 Å². The van der Waals surface area contributed by atoms with E-state index in [2.05, 4.69) is 48.0 Å². The van der Waals surface area contributed by atoms with Gasteiger partial charge in [-0.1, -0.05) is 29.8 Å². The Labute approximate surface area is 147 Å². The van der Waals surface area contributed by atoms with Crippen molar-refractivity contribution in [2.24, 2.45) is 5.92 Å². The molecule has 0 bridgehead atoms. The largest absolute Gasteiger partial charge is 0.376 e. The van der Waals surface area contributed by atoms with Gasteiger partial charge in [0.15, 0.2) is 0 Å². The smallest absolute Gasteiger partial charge is 0.0941 e.